The molecule has 0 heterocycles. The fourth-order valence-electron chi connectivity index (χ4n) is 3.83. The monoisotopic (exact) mass is 584 g/mol. The maximum Gasteiger partial charge on any atom is 0.329 e. The van der Waals surface area contributed by atoms with E-state index in [0.717, 1.165) is 5.56 Å². The van der Waals surface area contributed by atoms with Crippen LogP contribution in [0.25, 0.3) is 0 Å². The predicted molar refractivity (Wildman–Crippen MR) is 155 cm³/mol. The average molecular weight is 585 g/mol. The van der Waals surface area contributed by atoms with Crippen molar-refractivity contribution in [2.75, 3.05) is 18.1 Å². The van der Waals surface area contributed by atoms with Gasteiger partial charge in [0.2, 0.25) is 6.41 Å². The zero-order valence-electron chi connectivity index (χ0n) is 22.2. The van der Waals surface area contributed by atoms with Gasteiger partial charge < -0.3 is 26.0 Å². The maximum absolute atomic E-state index is 12.9. The second-order valence-electron chi connectivity index (χ2n) is 9.41. The van der Waals surface area contributed by atoms with Crippen LogP contribution < -0.4 is 16.4 Å². The molecule has 3 aromatic rings. The Kier molecular flexibility index (Phi) is 10.5. The Morgan fingerprint density at radius 2 is 1.60 bits per heavy atom. The molecule has 9 nitrogen and oxygen atoms in total. The highest BCUT2D eigenvalue weighted by Gasteiger charge is 2.26. The van der Waals surface area contributed by atoms with E-state index in [0.29, 0.717) is 29.9 Å². The lowest BCUT2D eigenvalue weighted by Crippen LogP contribution is -2.44. The first-order valence-electron chi connectivity index (χ1n) is 12.4. The van der Waals surface area contributed by atoms with Gasteiger partial charge in [-0.25, -0.2) is 4.79 Å². The van der Waals surface area contributed by atoms with Crippen molar-refractivity contribution in [2.24, 2.45) is 0 Å². The number of nitrogen functional groups attached to an aromatic ring is 1. The van der Waals surface area contributed by atoms with Crippen molar-refractivity contribution in [2.45, 2.75) is 39.0 Å². The van der Waals surface area contributed by atoms with Crippen LogP contribution in [0.1, 0.15) is 45.7 Å². The Labute approximate surface area is 242 Å². The molecule has 0 fully saturated rings. The fourth-order valence-corrected chi connectivity index (χ4v) is 4.40. The number of hydrogen-bond donors (Lipinski definition) is 3. The molecule has 0 aromatic heterocycles. The second kappa shape index (κ2) is 13.8. The molecule has 0 aliphatic heterocycles. The molecular weight excluding hydrogens is 555 g/mol. The van der Waals surface area contributed by atoms with Crippen LogP contribution in [0.15, 0.2) is 60.7 Å². The number of benzene rings is 3. The van der Waals surface area contributed by atoms with Gasteiger partial charge in [0, 0.05) is 31.4 Å². The van der Waals surface area contributed by atoms with Crippen molar-refractivity contribution in [3.8, 4) is 0 Å². The van der Waals surface area contributed by atoms with Gasteiger partial charge in [0.05, 0.1) is 27.3 Å². The van der Waals surface area contributed by atoms with Gasteiger partial charge in [-0.05, 0) is 61.4 Å². The van der Waals surface area contributed by atoms with Gasteiger partial charge in [-0.2, -0.15) is 0 Å². The minimum atomic E-state index is -1.02. The number of carbonyl (C=O) groups is 4. The zero-order chi connectivity index (χ0) is 29.4. The molecule has 0 saturated carbocycles. The number of esters is 1. The van der Waals surface area contributed by atoms with Gasteiger partial charge in [0.1, 0.15) is 6.04 Å². The van der Waals surface area contributed by atoms with Crippen LogP contribution >= 0.6 is 23.2 Å². The Morgan fingerprint density at radius 1 is 0.975 bits per heavy atom. The van der Waals surface area contributed by atoms with E-state index in [2.05, 4.69) is 10.6 Å². The Balaban J connectivity index is 1.74. The van der Waals surface area contributed by atoms with Crippen LogP contribution in [0, 0.1) is 0 Å². The molecule has 0 radical (unpaired) electrons. The summed E-state index contributed by atoms with van der Waals surface area (Å²) in [5.74, 6) is -1.63. The Hall–Kier alpha value is -4.08. The SMILES string of the molecule is CC(C)OC(=O)[C@H](Cc1ccc(NC(=O)c2cc(CN(C)C=O)ccc2N)cc1)NC(=O)c1c(Cl)cccc1Cl. The predicted octanol–water partition coefficient (Wildman–Crippen LogP) is 4.71. The third-order valence-electron chi connectivity index (χ3n) is 5.76. The van der Waals surface area contributed by atoms with Gasteiger partial charge in [-0.1, -0.05) is 47.5 Å². The summed E-state index contributed by atoms with van der Waals surface area (Å²) in [5.41, 5.74) is 8.60. The molecule has 0 saturated heterocycles. The Morgan fingerprint density at radius 3 is 2.20 bits per heavy atom. The molecule has 4 N–H and O–H groups in total. The lowest BCUT2D eigenvalue weighted by molar-refractivity contribution is -0.149. The summed E-state index contributed by atoms with van der Waals surface area (Å²) in [7, 11) is 1.63. The molecular formula is C29H30Cl2N4O5. The number of hydrogen-bond acceptors (Lipinski definition) is 6. The van der Waals surface area contributed by atoms with Gasteiger partial charge >= 0.3 is 5.97 Å². The maximum atomic E-state index is 12.9. The van der Waals surface area contributed by atoms with Gasteiger partial charge in [-0.15, -0.1) is 0 Å². The molecule has 3 rings (SSSR count). The molecule has 40 heavy (non-hydrogen) atoms. The van der Waals surface area contributed by atoms with Crippen molar-refractivity contribution in [1.29, 1.82) is 0 Å². The zero-order valence-corrected chi connectivity index (χ0v) is 23.8. The molecule has 0 aliphatic carbocycles. The second-order valence-corrected chi connectivity index (χ2v) is 10.2. The molecule has 1 atom stereocenters. The largest absolute Gasteiger partial charge is 0.461 e. The van der Waals surface area contributed by atoms with Crippen LogP contribution in [0.3, 0.4) is 0 Å². The van der Waals surface area contributed by atoms with Crippen molar-refractivity contribution in [3.63, 3.8) is 0 Å². The fraction of sp³-hybridized carbons (Fsp3) is 0.241. The van der Waals surface area contributed by atoms with Crippen molar-refractivity contribution < 1.29 is 23.9 Å². The number of anilines is 2. The first kappa shape index (κ1) is 30.5. The van der Waals surface area contributed by atoms with Crippen LogP contribution in [-0.4, -0.2) is 48.3 Å². The van der Waals surface area contributed by atoms with Gasteiger partial charge in [0.15, 0.2) is 0 Å². The molecule has 3 amide bonds. The lowest BCUT2D eigenvalue weighted by Gasteiger charge is -2.20. The molecule has 0 aliphatic rings. The summed E-state index contributed by atoms with van der Waals surface area (Å²) < 4.78 is 5.35. The van der Waals surface area contributed by atoms with Crippen molar-refractivity contribution in [3.05, 3.63) is 93.0 Å². The first-order valence-corrected chi connectivity index (χ1v) is 13.1. The van der Waals surface area contributed by atoms with E-state index >= 15 is 0 Å². The van der Waals surface area contributed by atoms with Crippen molar-refractivity contribution in [1.82, 2.24) is 10.2 Å². The number of rotatable bonds is 11. The lowest BCUT2D eigenvalue weighted by atomic mass is 10.0. The number of nitrogens with zero attached hydrogens (tertiary/aromatic N) is 1. The average Bonchev–Trinajstić information content (AvgIpc) is 2.89. The number of carbonyl (C=O) groups excluding carboxylic acids is 4. The van der Waals surface area contributed by atoms with E-state index in [1.807, 2.05) is 0 Å². The van der Waals surface area contributed by atoms with E-state index in [1.54, 1.807) is 69.4 Å². The minimum absolute atomic E-state index is 0.0624. The molecule has 0 spiro atoms. The first-order chi connectivity index (χ1) is 19.0. The highest BCUT2D eigenvalue weighted by Crippen LogP contribution is 2.24. The summed E-state index contributed by atoms with van der Waals surface area (Å²) >= 11 is 12.3. The number of nitrogens with one attached hydrogen (secondary N) is 2. The normalized spacial score (nSPS) is 11.4. The number of nitrogens with two attached hydrogens (primary N) is 1. The molecule has 210 valence electrons. The van der Waals surface area contributed by atoms with Crippen LogP contribution in [0.5, 0.6) is 0 Å². The Bertz CT molecular complexity index is 1380. The number of ether oxygens (including phenoxy) is 1. The topological polar surface area (TPSA) is 131 Å². The van der Waals surface area contributed by atoms with Crippen LogP contribution in [0.2, 0.25) is 10.0 Å². The van der Waals surface area contributed by atoms with E-state index < -0.39 is 29.9 Å². The number of amides is 3. The van der Waals surface area contributed by atoms with E-state index in [-0.39, 0.29) is 27.6 Å². The van der Waals surface area contributed by atoms with Crippen LogP contribution in [0.4, 0.5) is 11.4 Å². The molecule has 11 heteroatoms. The van der Waals surface area contributed by atoms with Gasteiger partial charge in [0.25, 0.3) is 11.8 Å². The third-order valence-corrected chi connectivity index (χ3v) is 6.39. The summed E-state index contributed by atoms with van der Waals surface area (Å²) in [5, 5.41) is 5.78. The molecule has 3 aromatic carbocycles. The van der Waals surface area contributed by atoms with Crippen LogP contribution in [-0.2, 0) is 27.3 Å². The summed E-state index contributed by atoms with van der Waals surface area (Å²) in [6, 6.07) is 15.4. The third kappa shape index (κ3) is 8.21. The summed E-state index contributed by atoms with van der Waals surface area (Å²) in [6.07, 6.45) is 0.424. The standard InChI is InChI=1S/C29H30Cl2N4O5/c1-17(2)40-29(39)25(34-28(38)26-22(30)5-4-6-23(26)31)14-18-7-10-20(11-8-18)33-27(37)21-13-19(9-12-24(21)32)15-35(3)16-36/h4-13,16-17,25H,14-15,32H2,1-3H3,(H,33,37)(H,34,38)/t25-/m0/s1. The summed E-state index contributed by atoms with van der Waals surface area (Å²) in [6.45, 7) is 3.75. The highest BCUT2D eigenvalue weighted by molar-refractivity contribution is 6.39. The minimum Gasteiger partial charge on any atom is -0.461 e. The molecule has 0 bridgehead atoms. The van der Waals surface area contributed by atoms with E-state index in [1.165, 1.54) is 17.0 Å². The van der Waals surface area contributed by atoms with Crippen molar-refractivity contribution >= 4 is 58.8 Å². The number of halogens is 2. The molecule has 0 unspecified atom stereocenters. The summed E-state index contributed by atoms with van der Waals surface area (Å²) in [4.78, 5) is 51.0. The smallest absolute Gasteiger partial charge is 0.329 e. The van der Waals surface area contributed by atoms with E-state index in [9.17, 15) is 19.2 Å². The van der Waals surface area contributed by atoms with E-state index in [4.69, 9.17) is 33.7 Å². The highest BCUT2D eigenvalue weighted by atomic mass is 35.5. The van der Waals surface area contributed by atoms with Gasteiger partial charge in [-0.3, -0.25) is 14.4 Å². The quantitative estimate of drug-likeness (QED) is 0.170.